The van der Waals surface area contributed by atoms with Crippen LogP contribution in [0.25, 0.3) is 0 Å². The van der Waals surface area contributed by atoms with Crippen molar-refractivity contribution in [3.63, 3.8) is 0 Å². The molecule has 0 saturated heterocycles. The summed E-state index contributed by atoms with van der Waals surface area (Å²) in [5.74, 6) is 1.74. The quantitative estimate of drug-likeness (QED) is 0.249. The number of aliphatic hydroxyl groups excluding tert-OH is 1. The van der Waals surface area contributed by atoms with Gasteiger partial charge in [0.15, 0.2) is 0 Å². The van der Waals surface area contributed by atoms with E-state index in [9.17, 15) is 5.11 Å². The molecule has 2 aliphatic carbocycles. The van der Waals surface area contributed by atoms with Crippen LogP contribution in [-0.2, 0) is 10.4 Å². The molecule has 0 aliphatic heterocycles. The fraction of sp³-hybridized carbons (Fsp3) is 0.909. The third kappa shape index (κ3) is 22.2. The molecule has 0 aromatic rings. The molecular formula is C22H47KO5S. The van der Waals surface area contributed by atoms with Crippen LogP contribution in [0.5, 0.6) is 0 Å². The fourth-order valence-electron chi connectivity index (χ4n) is 3.52. The Morgan fingerprint density at radius 2 is 1.21 bits per heavy atom. The summed E-state index contributed by atoms with van der Waals surface area (Å²) in [5, 5.41) is 9.29. The second-order valence-corrected chi connectivity index (χ2v) is 10.5. The van der Waals surface area contributed by atoms with Crippen LogP contribution in [0.4, 0.5) is 0 Å². The number of hydrogen-bond acceptors (Lipinski definition) is 4. The Labute approximate surface area is 224 Å². The second kappa shape index (κ2) is 16.8. The molecule has 0 aromatic carbocycles. The zero-order valence-corrected chi connectivity index (χ0v) is 22.3. The number of hydrogen-bond donors (Lipinski definition) is 2. The number of aliphatic hydroxyl groups is 1. The number of rotatable bonds is 0. The molecule has 2 N–H and O–H groups in total. The molecule has 0 radical (unpaired) electrons. The zero-order valence-electron chi connectivity index (χ0n) is 18.4. The van der Waals surface area contributed by atoms with Gasteiger partial charge in [0.05, 0.1) is 6.10 Å². The summed E-state index contributed by atoms with van der Waals surface area (Å²) in [5.41, 5.74) is 0.963. The van der Waals surface area contributed by atoms with Gasteiger partial charge in [-0.25, -0.2) is 8.42 Å². The Hall–Kier alpha value is 1.21. The van der Waals surface area contributed by atoms with E-state index >= 15 is 0 Å². The molecule has 0 heterocycles. The Kier molecular flexibility index (Phi) is 21.7. The van der Waals surface area contributed by atoms with Crippen molar-refractivity contribution in [3.8, 4) is 0 Å². The van der Waals surface area contributed by atoms with Crippen molar-refractivity contribution >= 4 is 10.4 Å². The van der Waals surface area contributed by atoms with E-state index < -0.39 is 10.4 Å². The van der Waals surface area contributed by atoms with E-state index in [0.717, 1.165) is 24.7 Å². The van der Waals surface area contributed by atoms with Crippen molar-refractivity contribution in [2.24, 2.45) is 22.7 Å². The summed E-state index contributed by atoms with van der Waals surface area (Å²) >= 11 is 0. The third-order valence-electron chi connectivity index (χ3n) is 5.42. The van der Waals surface area contributed by atoms with Crippen LogP contribution in [-0.4, -0.2) is 28.7 Å². The summed E-state index contributed by atoms with van der Waals surface area (Å²) in [6, 6.07) is 0. The molecular weight excluding hydrogens is 415 g/mol. The second-order valence-electron chi connectivity index (χ2n) is 9.65. The van der Waals surface area contributed by atoms with E-state index in [1.54, 1.807) is 0 Å². The first kappa shape index (κ1) is 37.5. The SMILES string of the molecule is C.C.CC(C)(C)C1CC=CCC1.CC(C)(C)C1CCC(O)CC1.O=S(=O)([O-])O.[K+]. The maximum Gasteiger partial charge on any atom is 1.00 e. The van der Waals surface area contributed by atoms with Crippen LogP contribution in [0.1, 0.15) is 101 Å². The van der Waals surface area contributed by atoms with Gasteiger partial charge in [0.25, 0.3) is 0 Å². The average molecular weight is 463 g/mol. The van der Waals surface area contributed by atoms with Crippen LogP contribution in [0, 0.1) is 22.7 Å². The van der Waals surface area contributed by atoms with Gasteiger partial charge >= 0.3 is 51.4 Å². The minimum atomic E-state index is -4.92. The topological polar surface area (TPSA) is 97.7 Å². The Bertz CT molecular complexity index is 502. The molecule has 172 valence electrons. The smallest absolute Gasteiger partial charge is 0.726 e. The van der Waals surface area contributed by atoms with E-state index in [-0.39, 0.29) is 72.3 Å². The minimum absolute atomic E-state index is 0. The van der Waals surface area contributed by atoms with Crippen molar-refractivity contribution in [1.29, 1.82) is 0 Å². The molecule has 1 atom stereocenters. The molecule has 0 aromatic heterocycles. The Balaban J connectivity index is -0.000000163. The largest absolute Gasteiger partial charge is 1.00 e. The minimum Gasteiger partial charge on any atom is -0.726 e. The van der Waals surface area contributed by atoms with E-state index in [1.165, 1.54) is 32.1 Å². The van der Waals surface area contributed by atoms with E-state index in [4.69, 9.17) is 17.5 Å². The van der Waals surface area contributed by atoms with Gasteiger partial charge in [-0.3, -0.25) is 4.55 Å². The van der Waals surface area contributed by atoms with Crippen molar-refractivity contribution in [1.82, 2.24) is 0 Å². The first-order valence-electron chi connectivity index (χ1n) is 9.62. The zero-order chi connectivity index (χ0) is 20.6. The van der Waals surface area contributed by atoms with Crippen molar-refractivity contribution < 1.29 is 74.0 Å². The molecule has 0 bridgehead atoms. The third-order valence-corrected chi connectivity index (χ3v) is 5.42. The molecule has 5 nitrogen and oxygen atoms in total. The summed E-state index contributed by atoms with van der Waals surface area (Å²) < 4.78 is 32.8. The van der Waals surface area contributed by atoms with E-state index in [2.05, 4.69) is 53.7 Å². The van der Waals surface area contributed by atoms with E-state index in [0.29, 0.717) is 10.8 Å². The summed E-state index contributed by atoms with van der Waals surface area (Å²) in [6.07, 6.45) is 13.1. The molecule has 1 saturated carbocycles. The first-order valence-corrected chi connectivity index (χ1v) is 11.0. The van der Waals surface area contributed by atoms with Gasteiger partial charge in [0, 0.05) is 0 Å². The maximum absolute atomic E-state index is 9.29. The predicted octanol–water partition coefficient (Wildman–Crippen LogP) is 3.25. The average Bonchev–Trinajstić information content (AvgIpc) is 2.46. The first-order chi connectivity index (χ1) is 11.6. The van der Waals surface area contributed by atoms with Crippen LogP contribution >= 0.6 is 0 Å². The summed E-state index contributed by atoms with van der Waals surface area (Å²) in [4.78, 5) is 0. The van der Waals surface area contributed by atoms with E-state index in [1.807, 2.05) is 0 Å². The molecule has 2 aliphatic rings. The van der Waals surface area contributed by atoms with Gasteiger partial charge in [-0.05, 0) is 67.6 Å². The fourth-order valence-corrected chi connectivity index (χ4v) is 3.52. The standard InChI is InChI=1S/C10H20O.C10H18.2CH4.K.H2O4S/c1-10(2,3)8-4-6-9(11)7-5-8;1-10(2,3)9-7-5-4-6-8-9;;;;1-5(2,3)4/h8-9,11H,4-7H2,1-3H3;4-5,9H,6-8H2,1-3H3;2*1H4;;(H2,1,2,3,4)/q;;;;+1;/p-1. The van der Waals surface area contributed by atoms with Gasteiger partial charge in [-0.1, -0.05) is 68.5 Å². The normalized spacial score (nSPS) is 24.1. The van der Waals surface area contributed by atoms with Crippen molar-refractivity contribution in [2.45, 2.75) is 107 Å². The van der Waals surface area contributed by atoms with Gasteiger partial charge in [-0.15, -0.1) is 0 Å². The summed E-state index contributed by atoms with van der Waals surface area (Å²) in [7, 11) is -4.92. The van der Waals surface area contributed by atoms with Crippen molar-refractivity contribution in [2.75, 3.05) is 0 Å². The molecule has 7 heteroatoms. The molecule has 2 rings (SSSR count). The maximum atomic E-state index is 9.29. The van der Waals surface area contributed by atoms with Crippen LogP contribution in [0.15, 0.2) is 12.2 Å². The Morgan fingerprint density at radius 1 is 0.828 bits per heavy atom. The monoisotopic (exact) mass is 462 g/mol. The molecule has 1 fully saturated rings. The van der Waals surface area contributed by atoms with Gasteiger partial charge in [0.2, 0.25) is 10.4 Å². The molecule has 0 spiro atoms. The van der Waals surface area contributed by atoms with Crippen molar-refractivity contribution in [3.05, 3.63) is 12.2 Å². The molecule has 0 amide bonds. The van der Waals surface area contributed by atoms with Crippen LogP contribution in [0.2, 0.25) is 0 Å². The Morgan fingerprint density at radius 3 is 1.45 bits per heavy atom. The van der Waals surface area contributed by atoms with Crippen LogP contribution < -0.4 is 51.4 Å². The predicted molar refractivity (Wildman–Crippen MR) is 119 cm³/mol. The van der Waals surface area contributed by atoms with Crippen LogP contribution in [0.3, 0.4) is 0 Å². The van der Waals surface area contributed by atoms with Gasteiger partial charge in [0.1, 0.15) is 0 Å². The molecule has 29 heavy (non-hydrogen) atoms. The van der Waals surface area contributed by atoms with Gasteiger partial charge in [-0.2, -0.15) is 0 Å². The van der Waals surface area contributed by atoms with Gasteiger partial charge < -0.3 is 9.66 Å². The summed E-state index contributed by atoms with van der Waals surface area (Å²) in [6.45, 7) is 13.9. The molecule has 1 unspecified atom stereocenters. The number of allylic oxidation sites excluding steroid dienone is 2.